The molecule has 0 aromatic heterocycles. The summed E-state index contributed by atoms with van der Waals surface area (Å²) >= 11 is 0. The highest BCUT2D eigenvalue weighted by Gasteiger charge is 2.33. The van der Waals surface area contributed by atoms with Crippen LogP contribution in [0.5, 0.6) is 5.75 Å². The lowest BCUT2D eigenvalue weighted by Crippen LogP contribution is -2.25. The maximum absolute atomic E-state index is 5.96. The average molecular weight is 434 g/mol. The molecule has 0 spiro atoms. The van der Waals surface area contributed by atoms with E-state index in [1.807, 2.05) is 42.6 Å². The smallest absolute Gasteiger partial charge is 0.188 e. The van der Waals surface area contributed by atoms with Crippen LogP contribution in [0.2, 0.25) is 0 Å². The van der Waals surface area contributed by atoms with Crippen LogP contribution in [0.15, 0.2) is 77.8 Å². The molecule has 31 heavy (non-hydrogen) atoms. The van der Waals surface area contributed by atoms with Gasteiger partial charge in [0.15, 0.2) is 6.79 Å². The molecule has 0 heterocycles. The molecule has 0 aliphatic rings. The fourth-order valence-corrected chi connectivity index (χ4v) is 5.60. The Balaban J connectivity index is 2.02. The molecule has 162 valence electrons. The zero-order valence-corrected chi connectivity index (χ0v) is 19.9. The Morgan fingerprint density at radius 2 is 1.61 bits per heavy atom. The van der Waals surface area contributed by atoms with Gasteiger partial charge in [0.25, 0.3) is 0 Å². The minimum absolute atomic E-state index is 0.00815. The van der Waals surface area contributed by atoms with E-state index < -0.39 is 0 Å². The first-order chi connectivity index (χ1) is 15.1. The van der Waals surface area contributed by atoms with Gasteiger partial charge in [-0.15, -0.1) is 0 Å². The number of rotatable bonds is 10. The van der Waals surface area contributed by atoms with E-state index in [1.165, 1.54) is 22.0 Å². The summed E-state index contributed by atoms with van der Waals surface area (Å²) in [4.78, 5) is 4.73. The molecular weight excluding hydrogens is 401 g/mol. The molecule has 0 bridgehead atoms. The third kappa shape index (κ3) is 5.61. The van der Waals surface area contributed by atoms with E-state index in [2.05, 4.69) is 57.2 Å². The monoisotopic (exact) mass is 433 g/mol. The second-order valence-corrected chi connectivity index (χ2v) is 9.30. The SMILES string of the molecule is CCC(CC)(Pc1c(C)cccc1C=Nc1ccccc1)c1ccccc1OCOC. The Hall–Kier alpha value is -2.48. The minimum Gasteiger partial charge on any atom is -0.467 e. The Bertz CT molecular complexity index is 997. The lowest BCUT2D eigenvalue weighted by molar-refractivity contribution is 0.0499. The van der Waals surface area contributed by atoms with Crippen molar-refractivity contribution in [3.05, 3.63) is 89.5 Å². The van der Waals surface area contributed by atoms with Gasteiger partial charge < -0.3 is 9.47 Å². The molecule has 3 nitrogen and oxygen atoms in total. The van der Waals surface area contributed by atoms with Gasteiger partial charge in [0, 0.05) is 29.6 Å². The first kappa shape index (κ1) is 23.2. The molecule has 0 aliphatic heterocycles. The van der Waals surface area contributed by atoms with E-state index in [1.54, 1.807) is 7.11 Å². The van der Waals surface area contributed by atoms with E-state index in [4.69, 9.17) is 14.5 Å². The normalized spacial score (nSPS) is 12.1. The van der Waals surface area contributed by atoms with Gasteiger partial charge in [-0.05, 0) is 48.8 Å². The van der Waals surface area contributed by atoms with Crippen LogP contribution >= 0.6 is 8.58 Å². The maximum atomic E-state index is 5.96. The van der Waals surface area contributed by atoms with E-state index in [9.17, 15) is 0 Å². The van der Waals surface area contributed by atoms with Crippen LogP contribution in [-0.2, 0) is 9.89 Å². The molecule has 1 unspecified atom stereocenters. The van der Waals surface area contributed by atoms with Crippen molar-refractivity contribution in [3.8, 4) is 5.75 Å². The predicted molar refractivity (Wildman–Crippen MR) is 134 cm³/mol. The number of aliphatic imine (C=N–C) groups is 1. The Morgan fingerprint density at radius 3 is 2.32 bits per heavy atom. The summed E-state index contributed by atoms with van der Waals surface area (Å²) in [7, 11) is 2.25. The Kier molecular flexibility index (Phi) is 8.40. The van der Waals surface area contributed by atoms with Crippen molar-refractivity contribution in [3.63, 3.8) is 0 Å². The van der Waals surface area contributed by atoms with Gasteiger partial charge in [0.2, 0.25) is 0 Å². The van der Waals surface area contributed by atoms with Crippen molar-refractivity contribution in [1.29, 1.82) is 0 Å². The number of ether oxygens (including phenoxy) is 2. The molecule has 3 rings (SSSR count). The highest BCUT2D eigenvalue weighted by Crippen LogP contribution is 2.50. The molecule has 0 amide bonds. The van der Waals surface area contributed by atoms with Crippen LogP contribution in [0, 0.1) is 6.92 Å². The van der Waals surface area contributed by atoms with E-state index in [-0.39, 0.29) is 11.9 Å². The number of methoxy groups -OCH3 is 1. The van der Waals surface area contributed by atoms with Crippen LogP contribution in [0.1, 0.15) is 43.4 Å². The van der Waals surface area contributed by atoms with Crippen LogP contribution in [0.3, 0.4) is 0 Å². The van der Waals surface area contributed by atoms with Crippen LogP contribution in [-0.4, -0.2) is 20.1 Å². The summed E-state index contributed by atoms with van der Waals surface area (Å²) < 4.78 is 11.1. The van der Waals surface area contributed by atoms with E-state index in [0.29, 0.717) is 8.58 Å². The second kappa shape index (κ2) is 11.2. The standard InChI is InChI=1S/C27H32NO2P/c1-5-27(6-2,24-17-10-11-18-25(24)30-20-29-4)31-26-21(3)13-12-14-22(26)19-28-23-15-8-7-9-16-23/h7-19,31H,5-6,20H2,1-4H3. The van der Waals surface area contributed by atoms with Gasteiger partial charge in [-0.25, -0.2) is 0 Å². The maximum Gasteiger partial charge on any atom is 0.188 e. The molecule has 0 saturated carbocycles. The van der Waals surface area contributed by atoms with Crippen LogP contribution in [0.25, 0.3) is 0 Å². The van der Waals surface area contributed by atoms with Gasteiger partial charge in [-0.3, -0.25) is 4.99 Å². The number of para-hydroxylation sites is 2. The number of hydrogen-bond acceptors (Lipinski definition) is 3. The predicted octanol–water partition coefficient (Wildman–Crippen LogP) is 6.75. The van der Waals surface area contributed by atoms with Crippen molar-refractivity contribution < 1.29 is 9.47 Å². The number of hydrogen-bond donors (Lipinski definition) is 0. The van der Waals surface area contributed by atoms with Crippen molar-refractivity contribution >= 4 is 25.8 Å². The largest absolute Gasteiger partial charge is 0.467 e. The Morgan fingerprint density at radius 1 is 0.903 bits per heavy atom. The quantitative estimate of drug-likeness (QED) is 0.201. The van der Waals surface area contributed by atoms with E-state index in [0.717, 1.165) is 24.3 Å². The summed E-state index contributed by atoms with van der Waals surface area (Å²) in [5, 5.41) is 1.36. The zero-order valence-electron chi connectivity index (χ0n) is 18.9. The number of nitrogens with zero attached hydrogens (tertiary/aromatic N) is 1. The lowest BCUT2D eigenvalue weighted by atomic mass is 9.92. The minimum atomic E-state index is -0.00815. The van der Waals surface area contributed by atoms with Crippen LogP contribution < -0.4 is 10.0 Å². The van der Waals surface area contributed by atoms with Crippen molar-refractivity contribution in [2.45, 2.75) is 38.8 Å². The summed E-state index contributed by atoms with van der Waals surface area (Å²) in [6.07, 6.45) is 4.06. The summed E-state index contributed by atoms with van der Waals surface area (Å²) in [5.74, 6) is 0.911. The molecule has 3 aromatic rings. The highest BCUT2D eigenvalue weighted by atomic mass is 31.1. The topological polar surface area (TPSA) is 30.8 Å². The Labute approximate surface area is 188 Å². The van der Waals surface area contributed by atoms with Crippen molar-refractivity contribution in [2.75, 3.05) is 13.9 Å². The molecule has 0 saturated heterocycles. The summed E-state index contributed by atoms with van der Waals surface area (Å²) in [5.41, 5.74) is 4.71. The van der Waals surface area contributed by atoms with Crippen molar-refractivity contribution in [1.82, 2.24) is 0 Å². The zero-order chi connectivity index (χ0) is 22.1. The molecular formula is C27H32NO2P. The number of aryl methyl sites for hydroxylation is 1. The van der Waals surface area contributed by atoms with Crippen LogP contribution in [0.4, 0.5) is 5.69 Å². The fourth-order valence-electron chi connectivity index (χ4n) is 3.85. The molecule has 3 aromatic carbocycles. The second-order valence-electron chi connectivity index (χ2n) is 7.59. The third-order valence-electron chi connectivity index (χ3n) is 5.72. The first-order valence-electron chi connectivity index (χ1n) is 10.8. The molecule has 0 N–H and O–H groups in total. The summed E-state index contributed by atoms with van der Waals surface area (Å²) in [6.45, 7) is 7.01. The fraction of sp³-hybridized carbons (Fsp3) is 0.296. The number of benzene rings is 3. The van der Waals surface area contributed by atoms with Gasteiger partial charge >= 0.3 is 0 Å². The third-order valence-corrected chi connectivity index (χ3v) is 8.11. The van der Waals surface area contributed by atoms with Crippen molar-refractivity contribution in [2.24, 2.45) is 4.99 Å². The molecule has 0 radical (unpaired) electrons. The first-order valence-corrected chi connectivity index (χ1v) is 11.8. The molecule has 0 fully saturated rings. The molecule has 0 aliphatic carbocycles. The summed E-state index contributed by atoms with van der Waals surface area (Å²) in [6, 6.07) is 25.0. The van der Waals surface area contributed by atoms with Gasteiger partial charge in [0.05, 0.1) is 5.69 Å². The molecule has 1 atom stereocenters. The highest BCUT2D eigenvalue weighted by molar-refractivity contribution is 7.49. The average Bonchev–Trinajstić information content (AvgIpc) is 2.82. The van der Waals surface area contributed by atoms with Gasteiger partial charge in [-0.1, -0.05) is 77.0 Å². The lowest BCUT2D eigenvalue weighted by Gasteiger charge is -2.35. The van der Waals surface area contributed by atoms with E-state index >= 15 is 0 Å². The molecule has 4 heteroatoms. The van der Waals surface area contributed by atoms with Gasteiger partial charge in [0.1, 0.15) is 5.75 Å². The van der Waals surface area contributed by atoms with Gasteiger partial charge in [-0.2, -0.15) is 0 Å².